The van der Waals surface area contributed by atoms with Crippen LogP contribution in [0.5, 0.6) is 0 Å². The number of amides is 1. The van der Waals surface area contributed by atoms with Crippen molar-refractivity contribution in [1.29, 1.82) is 0 Å². The van der Waals surface area contributed by atoms with E-state index < -0.39 is 0 Å². The maximum atomic E-state index is 11.3. The molecule has 88 valence electrons. The van der Waals surface area contributed by atoms with Gasteiger partial charge in [-0.05, 0) is 32.1 Å². The zero-order valence-electron chi connectivity index (χ0n) is 9.21. The Kier molecular flexibility index (Phi) is 6.36. The van der Waals surface area contributed by atoms with E-state index in [4.69, 9.17) is 9.84 Å². The van der Waals surface area contributed by atoms with E-state index in [1.54, 1.807) is 0 Å². The van der Waals surface area contributed by atoms with Crippen LogP contribution in [-0.4, -0.2) is 36.9 Å². The average Bonchev–Trinajstić information content (AvgIpc) is 2.74. The van der Waals surface area contributed by atoms with Crippen molar-refractivity contribution in [3.8, 4) is 0 Å². The molecule has 0 aromatic rings. The van der Waals surface area contributed by atoms with Gasteiger partial charge in [-0.15, -0.1) is 0 Å². The number of carbonyl (C=O) groups excluding carboxylic acids is 1. The SMILES string of the molecule is O=C(CCC1CCCO1)NCCCCO. The minimum atomic E-state index is 0.100. The summed E-state index contributed by atoms with van der Waals surface area (Å²) in [6.07, 6.45) is 5.53. The largest absolute Gasteiger partial charge is 0.396 e. The van der Waals surface area contributed by atoms with Gasteiger partial charge in [-0.1, -0.05) is 0 Å². The fourth-order valence-electron chi connectivity index (χ4n) is 1.72. The predicted molar refractivity (Wildman–Crippen MR) is 57.5 cm³/mol. The molecule has 4 nitrogen and oxygen atoms in total. The first-order chi connectivity index (χ1) is 7.33. The van der Waals surface area contributed by atoms with E-state index in [1.807, 2.05) is 0 Å². The van der Waals surface area contributed by atoms with Crippen LogP contribution < -0.4 is 5.32 Å². The van der Waals surface area contributed by atoms with Gasteiger partial charge in [0.15, 0.2) is 0 Å². The van der Waals surface area contributed by atoms with Crippen LogP contribution in [0.4, 0.5) is 0 Å². The molecule has 0 aromatic heterocycles. The van der Waals surface area contributed by atoms with Crippen molar-refractivity contribution in [2.24, 2.45) is 0 Å². The summed E-state index contributed by atoms with van der Waals surface area (Å²) in [6, 6.07) is 0. The molecule has 15 heavy (non-hydrogen) atoms. The van der Waals surface area contributed by atoms with Crippen molar-refractivity contribution in [2.75, 3.05) is 19.8 Å². The highest BCUT2D eigenvalue weighted by molar-refractivity contribution is 5.75. The van der Waals surface area contributed by atoms with Crippen LogP contribution in [-0.2, 0) is 9.53 Å². The fourth-order valence-corrected chi connectivity index (χ4v) is 1.72. The summed E-state index contributed by atoms with van der Waals surface area (Å²) in [5.74, 6) is 0.100. The molecule has 1 aliphatic heterocycles. The standard InChI is InChI=1S/C11H21NO3/c13-8-2-1-7-12-11(14)6-5-10-4-3-9-15-10/h10,13H,1-9H2,(H,12,14). The summed E-state index contributed by atoms with van der Waals surface area (Å²) in [5, 5.41) is 11.4. The van der Waals surface area contributed by atoms with Crippen LogP contribution in [0.1, 0.15) is 38.5 Å². The van der Waals surface area contributed by atoms with Crippen LogP contribution >= 0.6 is 0 Å². The van der Waals surface area contributed by atoms with Gasteiger partial charge < -0.3 is 15.2 Å². The summed E-state index contributed by atoms with van der Waals surface area (Å²) in [7, 11) is 0. The van der Waals surface area contributed by atoms with Gasteiger partial charge in [0.05, 0.1) is 6.10 Å². The minimum Gasteiger partial charge on any atom is -0.396 e. The normalized spacial score (nSPS) is 20.5. The van der Waals surface area contributed by atoms with Gasteiger partial charge in [0.2, 0.25) is 5.91 Å². The van der Waals surface area contributed by atoms with Crippen molar-refractivity contribution in [2.45, 2.75) is 44.6 Å². The third-order valence-corrected chi connectivity index (χ3v) is 2.62. The lowest BCUT2D eigenvalue weighted by Crippen LogP contribution is -2.25. The predicted octanol–water partition coefficient (Wildman–Crippen LogP) is 0.834. The average molecular weight is 215 g/mol. The van der Waals surface area contributed by atoms with Crippen molar-refractivity contribution in [3.05, 3.63) is 0 Å². The van der Waals surface area contributed by atoms with Crippen molar-refractivity contribution in [3.63, 3.8) is 0 Å². The van der Waals surface area contributed by atoms with Crippen LogP contribution in [0, 0.1) is 0 Å². The fraction of sp³-hybridized carbons (Fsp3) is 0.909. The molecule has 1 atom stereocenters. The first-order valence-corrected chi connectivity index (χ1v) is 5.82. The minimum absolute atomic E-state index is 0.100. The molecule has 1 heterocycles. The zero-order valence-corrected chi connectivity index (χ0v) is 9.21. The summed E-state index contributed by atoms with van der Waals surface area (Å²) in [6.45, 7) is 1.72. The van der Waals surface area contributed by atoms with Crippen LogP contribution in [0.15, 0.2) is 0 Å². The quantitative estimate of drug-likeness (QED) is 0.619. The molecular weight excluding hydrogens is 194 g/mol. The molecule has 0 spiro atoms. The van der Waals surface area contributed by atoms with E-state index in [-0.39, 0.29) is 12.5 Å². The topological polar surface area (TPSA) is 58.6 Å². The number of nitrogens with one attached hydrogen (secondary N) is 1. The van der Waals surface area contributed by atoms with Gasteiger partial charge in [-0.2, -0.15) is 0 Å². The number of rotatable bonds is 7. The molecule has 1 saturated heterocycles. The summed E-state index contributed by atoms with van der Waals surface area (Å²) in [4.78, 5) is 11.3. The highest BCUT2D eigenvalue weighted by Crippen LogP contribution is 2.16. The van der Waals surface area contributed by atoms with Gasteiger partial charge in [0.25, 0.3) is 0 Å². The zero-order chi connectivity index (χ0) is 10.9. The highest BCUT2D eigenvalue weighted by Gasteiger charge is 2.16. The molecule has 2 N–H and O–H groups in total. The molecular formula is C11H21NO3. The second kappa shape index (κ2) is 7.65. The lowest BCUT2D eigenvalue weighted by atomic mass is 10.1. The second-order valence-electron chi connectivity index (χ2n) is 3.95. The Morgan fingerprint density at radius 2 is 2.33 bits per heavy atom. The molecule has 0 bridgehead atoms. The van der Waals surface area contributed by atoms with Crippen molar-refractivity contribution >= 4 is 5.91 Å². The van der Waals surface area contributed by atoms with Gasteiger partial charge in [0.1, 0.15) is 0 Å². The molecule has 4 heteroatoms. The molecule has 1 rings (SSSR count). The molecule has 0 radical (unpaired) electrons. The van der Waals surface area contributed by atoms with Crippen LogP contribution in [0.25, 0.3) is 0 Å². The summed E-state index contributed by atoms with van der Waals surface area (Å²) < 4.78 is 5.43. The van der Waals surface area contributed by atoms with E-state index in [0.717, 1.165) is 38.7 Å². The molecule has 1 amide bonds. The first kappa shape index (κ1) is 12.5. The van der Waals surface area contributed by atoms with Gasteiger partial charge in [-0.25, -0.2) is 0 Å². The molecule has 0 aromatic carbocycles. The highest BCUT2D eigenvalue weighted by atomic mass is 16.5. The number of carbonyl (C=O) groups is 1. The summed E-state index contributed by atoms with van der Waals surface area (Å²) >= 11 is 0. The Hall–Kier alpha value is -0.610. The van der Waals surface area contributed by atoms with Gasteiger partial charge >= 0.3 is 0 Å². The second-order valence-corrected chi connectivity index (χ2v) is 3.95. The van der Waals surface area contributed by atoms with Gasteiger partial charge in [-0.3, -0.25) is 4.79 Å². The number of aliphatic hydroxyl groups is 1. The van der Waals surface area contributed by atoms with E-state index in [9.17, 15) is 4.79 Å². The maximum absolute atomic E-state index is 11.3. The van der Waals surface area contributed by atoms with E-state index in [0.29, 0.717) is 19.1 Å². The van der Waals surface area contributed by atoms with Crippen molar-refractivity contribution in [1.82, 2.24) is 5.32 Å². The first-order valence-electron chi connectivity index (χ1n) is 5.82. The van der Waals surface area contributed by atoms with Crippen LogP contribution in [0.3, 0.4) is 0 Å². The Balaban J connectivity index is 1.93. The number of hydrogen-bond donors (Lipinski definition) is 2. The Morgan fingerprint density at radius 3 is 3.00 bits per heavy atom. The van der Waals surface area contributed by atoms with Crippen LogP contribution in [0.2, 0.25) is 0 Å². The monoisotopic (exact) mass is 215 g/mol. The third kappa shape index (κ3) is 5.74. The lowest BCUT2D eigenvalue weighted by molar-refractivity contribution is -0.121. The smallest absolute Gasteiger partial charge is 0.220 e. The van der Waals surface area contributed by atoms with Gasteiger partial charge in [0, 0.05) is 26.2 Å². The van der Waals surface area contributed by atoms with Crippen molar-refractivity contribution < 1.29 is 14.6 Å². The molecule has 1 aliphatic rings. The molecule has 0 saturated carbocycles. The molecule has 0 aliphatic carbocycles. The molecule has 1 unspecified atom stereocenters. The molecule has 1 fully saturated rings. The number of ether oxygens (including phenoxy) is 1. The summed E-state index contributed by atoms with van der Waals surface area (Å²) in [5.41, 5.74) is 0. The number of unbranched alkanes of at least 4 members (excludes halogenated alkanes) is 1. The third-order valence-electron chi connectivity index (χ3n) is 2.62. The number of hydrogen-bond acceptors (Lipinski definition) is 3. The number of aliphatic hydroxyl groups excluding tert-OH is 1. The Labute approximate surface area is 91.0 Å². The maximum Gasteiger partial charge on any atom is 0.220 e. The Bertz CT molecular complexity index is 179. The Morgan fingerprint density at radius 1 is 1.47 bits per heavy atom. The lowest BCUT2D eigenvalue weighted by Gasteiger charge is -2.09. The van der Waals surface area contributed by atoms with E-state index in [2.05, 4.69) is 5.32 Å². The van der Waals surface area contributed by atoms with E-state index >= 15 is 0 Å². The van der Waals surface area contributed by atoms with E-state index in [1.165, 1.54) is 0 Å².